The Kier molecular flexibility index (Phi) is 7.43. The van der Waals surface area contributed by atoms with Gasteiger partial charge in [-0.2, -0.15) is 0 Å². The van der Waals surface area contributed by atoms with Crippen LogP contribution < -0.4 is 0 Å². The summed E-state index contributed by atoms with van der Waals surface area (Å²) in [7, 11) is 0. The Morgan fingerprint density at radius 2 is 2.09 bits per heavy atom. The van der Waals surface area contributed by atoms with Gasteiger partial charge in [0.15, 0.2) is 0 Å². The predicted molar refractivity (Wildman–Crippen MR) is 84.9 cm³/mol. The van der Waals surface area contributed by atoms with Crippen LogP contribution in [0.15, 0.2) is 18.2 Å². The lowest BCUT2D eigenvalue weighted by molar-refractivity contribution is -0.144. The first-order valence-corrected chi connectivity index (χ1v) is 7.88. The first kappa shape index (κ1) is 18.0. The summed E-state index contributed by atoms with van der Waals surface area (Å²) in [6.45, 7) is 6.89. The van der Waals surface area contributed by atoms with Gasteiger partial charge in [0.25, 0.3) is 5.91 Å². The Hall–Kier alpha value is -2.04. The summed E-state index contributed by atoms with van der Waals surface area (Å²) in [5, 5.41) is 9.41. The van der Waals surface area contributed by atoms with Crippen LogP contribution in [-0.4, -0.2) is 41.6 Å². The van der Waals surface area contributed by atoms with Gasteiger partial charge in [-0.05, 0) is 36.6 Å². The lowest BCUT2D eigenvalue weighted by atomic mass is 9.99. The molecule has 5 heteroatoms. The number of ether oxygens (including phenoxy) is 1. The number of hydrogen-bond acceptors (Lipinski definition) is 4. The summed E-state index contributed by atoms with van der Waals surface area (Å²) in [4.78, 5) is 25.4. The van der Waals surface area contributed by atoms with E-state index in [4.69, 9.17) is 4.74 Å². The Balaban J connectivity index is 0.00000116. The molecular weight excluding hydrogens is 282 g/mol. The Bertz CT molecular complexity index is 513. The molecule has 0 saturated carbocycles. The number of nitrogens with zero attached hydrogens (tertiary/aromatic N) is 1. The maximum Gasteiger partial charge on any atom is 0.325 e. The van der Waals surface area contributed by atoms with Gasteiger partial charge in [-0.3, -0.25) is 9.59 Å². The normalized spacial score (nSPS) is 13.0. The highest BCUT2D eigenvalue weighted by Gasteiger charge is 2.26. The molecule has 0 atom stereocenters. The number of amides is 1. The van der Waals surface area contributed by atoms with E-state index in [0.29, 0.717) is 25.1 Å². The Morgan fingerprint density at radius 3 is 2.77 bits per heavy atom. The summed E-state index contributed by atoms with van der Waals surface area (Å²) in [6.07, 6.45) is 2.44. The van der Waals surface area contributed by atoms with Gasteiger partial charge in [0.1, 0.15) is 12.3 Å². The highest BCUT2D eigenvalue weighted by molar-refractivity contribution is 5.98. The van der Waals surface area contributed by atoms with Crippen molar-refractivity contribution < 1.29 is 19.4 Å². The van der Waals surface area contributed by atoms with E-state index in [2.05, 4.69) is 0 Å². The SMILES string of the molecule is CC.CCCCOC(=O)CN1CCc2cc(O)ccc2C1=O. The molecule has 1 N–H and O–H groups in total. The number of benzene rings is 1. The molecule has 2 rings (SSSR count). The molecule has 0 radical (unpaired) electrons. The number of carbonyl (C=O) groups is 2. The van der Waals surface area contributed by atoms with Crippen LogP contribution in [0.2, 0.25) is 0 Å². The Morgan fingerprint density at radius 1 is 1.36 bits per heavy atom. The smallest absolute Gasteiger partial charge is 0.325 e. The zero-order valence-electron chi connectivity index (χ0n) is 13.6. The molecule has 1 heterocycles. The molecular formula is C17H25NO4. The summed E-state index contributed by atoms with van der Waals surface area (Å²) in [5.41, 5.74) is 1.38. The summed E-state index contributed by atoms with van der Waals surface area (Å²) in [6, 6.07) is 4.69. The van der Waals surface area contributed by atoms with Crippen molar-refractivity contribution in [3.8, 4) is 5.75 Å². The van der Waals surface area contributed by atoms with E-state index in [-0.39, 0.29) is 24.2 Å². The number of unbranched alkanes of at least 4 members (excludes halogenated alkanes) is 1. The molecule has 0 spiro atoms. The topological polar surface area (TPSA) is 66.8 Å². The number of rotatable bonds is 5. The fourth-order valence-electron chi connectivity index (χ4n) is 2.21. The van der Waals surface area contributed by atoms with Crippen molar-refractivity contribution in [3.05, 3.63) is 29.3 Å². The average molecular weight is 307 g/mol. The minimum atomic E-state index is -0.367. The number of fused-ring (bicyclic) bond motifs is 1. The molecule has 0 bridgehead atoms. The quantitative estimate of drug-likeness (QED) is 0.671. The summed E-state index contributed by atoms with van der Waals surface area (Å²) in [5.74, 6) is -0.392. The zero-order valence-corrected chi connectivity index (χ0v) is 13.6. The second-order valence-corrected chi connectivity index (χ2v) is 4.89. The molecule has 1 amide bonds. The highest BCUT2D eigenvalue weighted by atomic mass is 16.5. The largest absolute Gasteiger partial charge is 0.508 e. The van der Waals surface area contributed by atoms with Gasteiger partial charge in [0.2, 0.25) is 0 Å². The van der Waals surface area contributed by atoms with Crippen molar-refractivity contribution in [2.45, 2.75) is 40.0 Å². The van der Waals surface area contributed by atoms with Crippen LogP contribution in [0.3, 0.4) is 0 Å². The van der Waals surface area contributed by atoms with Crippen molar-refractivity contribution in [2.75, 3.05) is 19.7 Å². The van der Waals surface area contributed by atoms with Crippen LogP contribution in [0.4, 0.5) is 0 Å². The van der Waals surface area contributed by atoms with Gasteiger partial charge in [0, 0.05) is 12.1 Å². The molecule has 122 valence electrons. The molecule has 0 aromatic heterocycles. The van der Waals surface area contributed by atoms with Crippen LogP contribution in [-0.2, 0) is 16.0 Å². The molecule has 0 unspecified atom stereocenters. The predicted octanol–water partition coefficient (Wildman–Crippen LogP) is 2.76. The molecule has 1 aromatic carbocycles. The standard InChI is InChI=1S/C15H19NO4.C2H6/c1-2-3-8-20-14(18)10-16-7-6-11-9-12(17)4-5-13(11)15(16)19;1-2/h4-5,9,17H,2-3,6-8,10H2,1H3;1-2H3. The van der Waals surface area contributed by atoms with Crippen LogP contribution in [0.5, 0.6) is 5.75 Å². The first-order valence-electron chi connectivity index (χ1n) is 7.88. The van der Waals surface area contributed by atoms with Gasteiger partial charge in [0.05, 0.1) is 6.61 Å². The molecule has 1 aromatic rings. The van der Waals surface area contributed by atoms with E-state index in [9.17, 15) is 14.7 Å². The van der Waals surface area contributed by atoms with E-state index < -0.39 is 0 Å². The minimum absolute atomic E-state index is 0.0110. The summed E-state index contributed by atoms with van der Waals surface area (Å²) >= 11 is 0. The van der Waals surface area contributed by atoms with Crippen LogP contribution in [0.25, 0.3) is 0 Å². The van der Waals surface area contributed by atoms with Crippen LogP contribution in [0.1, 0.15) is 49.5 Å². The van der Waals surface area contributed by atoms with E-state index in [1.165, 1.54) is 11.0 Å². The van der Waals surface area contributed by atoms with Crippen molar-refractivity contribution in [3.63, 3.8) is 0 Å². The van der Waals surface area contributed by atoms with Gasteiger partial charge >= 0.3 is 5.97 Å². The molecule has 22 heavy (non-hydrogen) atoms. The maximum absolute atomic E-state index is 12.2. The fraction of sp³-hybridized carbons (Fsp3) is 0.529. The second-order valence-electron chi connectivity index (χ2n) is 4.89. The van der Waals surface area contributed by atoms with Gasteiger partial charge in [-0.15, -0.1) is 0 Å². The molecule has 0 aliphatic carbocycles. The number of hydrogen-bond donors (Lipinski definition) is 1. The van der Waals surface area contributed by atoms with Crippen molar-refractivity contribution >= 4 is 11.9 Å². The lowest BCUT2D eigenvalue weighted by Gasteiger charge is -2.27. The van der Waals surface area contributed by atoms with Crippen molar-refractivity contribution in [1.82, 2.24) is 4.90 Å². The third-order valence-electron chi connectivity index (χ3n) is 3.34. The van der Waals surface area contributed by atoms with Gasteiger partial charge < -0.3 is 14.7 Å². The maximum atomic E-state index is 12.2. The van der Waals surface area contributed by atoms with E-state index >= 15 is 0 Å². The second kappa shape index (κ2) is 9.07. The van der Waals surface area contributed by atoms with Crippen molar-refractivity contribution in [2.24, 2.45) is 0 Å². The van der Waals surface area contributed by atoms with E-state index in [0.717, 1.165) is 18.4 Å². The number of phenols is 1. The van der Waals surface area contributed by atoms with Crippen LogP contribution >= 0.6 is 0 Å². The fourth-order valence-corrected chi connectivity index (χ4v) is 2.21. The van der Waals surface area contributed by atoms with Crippen molar-refractivity contribution in [1.29, 1.82) is 0 Å². The Labute approximate surface area is 131 Å². The highest BCUT2D eigenvalue weighted by Crippen LogP contribution is 2.22. The molecule has 1 aliphatic rings. The number of aromatic hydroxyl groups is 1. The summed E-state index contributed by atoms with van der Waals surface area (Å²) < 4.78 is 5.07. The number of phenolic OH excluding ortho intramolecular Hbond substituents is 1. The number of carbonyl (C=O) groups excluding carboxylic acids is 2. The third kappa shape index (κ3) is 4.76. The molecule has 0 fully saturated rings. The van der Waals surface area contributed by atoms with E-state index in [1.807, 2.05) is 20.8 Å². The monoisotopic (exact) mass is 307 g/mol. The zero-order chi connectivity index (χ0) is 16.5. The third-order valence-corrected chi connectivity index (χ3v) is 3.34. The van der Waals surface area contributed by atoms with Gasteiger partial charge in [-0.1, -0.05) is 27.2 Å². The minimum Gasteiger partial charge on any atom is -0.508 e. The molecule has 1 aliphatic heterocycles. The number of esters is 1. The first-order chi connectivity index (χ1) is 10.6. The van der Waals surface area contributed by atoms with Gasteiger partial charge in [-0.25, -0.2) is 0 Å². The molecule has 5 nitrogen and oxygen atoms in total. The lowest BCUT2D eigenvalue weighted by Crippen LogP contribution is -2.41. The van der Waals surface area contributed by atoms with E-state index in [1.54, 1.807) is 12.1 Å². The average Bonchev–Trinajstić information content (AvgIpc) is 2.52. The van der Waals surface area contributed by atoms with Crippen LogP contribution in [0, 0.1) is 0 Å². The molecule has 0 saturated heterocycles.